The molecule has 5 nitrogen and oxygen atoms in total. The lowest BCUT2D eigenvalue weighted by molar-refractivity contribution is -0.138. The molecule has 1 atom stereocenters. The molecule has 0 saturated carbocycles. The third-order valence-electron chi connectivity index (χ3n) is 6.86. The van der Waals surface area contributed by atoms with Crippen LogP contribution in [0.25, 0.3) is 32.8 Å². The van der Waals surface area contributed by atoms with Crippen molar-refractivity contribution in [3.05, 3.63) is 70.9 Å². The molecule has 3 aromatic carbocycles. The number of hydrogen-bond donors (Lipinski definition) is 1. The van der Waals surface area contributed by atoms with Gasteiger partial charge in [0.05, 0.1) is 23.3 Å². The molecule has 1 aromatic heterocycles. The summed E-state index contributed by atoms with van der Waals surface area (Å²) in [6.07, 6.45) is 1.95. The van der Waals surface area contributed by atoms with Gasteiger partial charge in [-0.3, -0.25) is 9.78 Å². The molecule has 0 amide bonds. The van der Waals surface area contributed by atoms with Crippen LogP contribution in [0, 0.1) is 18.8 Å². The number of hydrogen-bond acceptors (Lipinski definition) is 5. The van der Waals surface area contributed by atoms with E-state index in [4.69, 9.17) is 20.2 Å². The molecule has 0 aliphatic carbocycles. The van der Waals surface area contributed by atoms with Crippen LogP contribution >= 0.6 is 0 Å². The van der Waals surface area contributed by atoms with Crippen LogP contribution in [-0.2, 0) is 16.0 Å². The van der Waals surface area contributed by atoms with Gasteiger partial charge in [0.2, 0.25) is 0 Å². The number of Topliss-reactive ketones (excluding diaryl/α,β-unsaturated/α-hetero) is 1. The lowest BCUT2D eigenvalue weighted by atomic mass is 9.84. The van der Waals surface area contributed by atoms with Crippen LogP contribution in [0.4, 0.5) is 0 Å². The van der Waals surface area contributed by atoms with Gasteiger partial charge in [-0.1, -0.05) is 24.0 Å². The van der Waals surface area contributed by atoms with Gasteiger partial charge in [-0.2, -0.15) is 0 Å². The van der Waals surface area contributed by atoms with Crippen molar-refractivity contribution in [2.75, 3.05) is 6.61 Å². The number of ketones is 1. The zero-order chi connectivity index (χ0) is 28.1. The number of fused-ring (bicyclic) bond motifs is 1. The SMILES string of the molecule is CC(=O)[C@@H](OC(C)(C)C)c1c(C)cc2ccc(C#CC(C)(C)N)cc2c1-c1ccc2c3c(ccnc13)CCO2. The lowest BCUT2D eigenvalue weighted by Gasteiger charge is -2.30. The Hall–Kier alpha value is -3.72. The number of pyridine rings is 1. The largest absolute Gasteiger partial charge is 0.493 e. The predicted molar refractivity (Wildman–Crippen MR) is 158 cm³/mol. The van der Waals surface area contributed by atoms with Crippen LogP contribution in [0.1, 0.15) is 69.9 Å². The first kappa shape index (κ1) is 26.9. The summed E-state index contributed by atoms with van der Waals surface area (Å²) >= 11 is 0. The minimum atomic E-state index is -0.746. The third-order valence-corrected chi connectivity index (χ3v) is 6.86. The van der Waals surface area contributed by atoms with Gasteiger partial charge in [-0.15, -0.1) is 0 Å². The number of rotatable bonds is 4. The van der Waals surface area contributed by atoms with Crippen LogP contribution < -0.4 is 10.5 Å². The van der Waals surface area contributed by atoms with Crippen LogP contribution in [-0.4, -0.2) is 28.5 Å². The number of aryl methyl sites for hydroxylation is 1. The van der Waals surface area contributed by atoms with E-state index >= 15 is 0 Å². The summed E-state index contributed by atoms with van der Waals surface area (Å²) in [6.45, 7) is 14.0. The first-order chi connectivity index (χ1) is 18.3. The molecule has 0 spiro atoms. The van der Waals surface area contributed by atoms with Gasteiger partial charge in [0.15, 0.2) is 5.78 Å². The molecule has 4 aromatic rings. The van der Waals surface area contributed by atoms with Crippen molar-refractivity contribution in [3.63, 3.8) is 0 Å². The van der Waals surface area contributed by atoms with Crippen molar-refractivity contribution in [2.24, 2.45) is 5.73 Å². The summed E-state index contributed by atoms with van der Waals surface area (Å²) < 4.78 is 12.5. The normalized spacial score (nSPS) is 14.1. The van der Waals surface area contributed by atoms with E-state index in [2.05, 4.69) is 42.2 Å². The van der Waals surface area contributed by atoms with Crippen molar-refractivity contribution in [2.45, 2.75) is 72.1 Å². The Morgan fingerprint density at radius 1 is 1.10 bits per heavy atom. The fourth-order valence-electron chi connectivity index (χ4n) is 5.29. The Kier molecular flexibility index (Phi) is 6.74. The Labute approximate surface area is 230 Å². The number of carbonyl (C=O) groups is 1. The highest BCUT2D eigenvalue weighted by Crippen LogP contribution is 2.45. The molecule has 5 rings (SSSR count). The van der Waals surface area contributed by atoms with Gasteiger partial charge in [0, 0.05) is 29.1 Å². The van der Waals surface area contributed by atoms with Crippen LogP contribution in [0.5, 0.6) is 5.75 Å². The smallest absolute Gasteiger partial charge is 0.163 e. The van der Waals surface area contributed by atoms with Crippen molar-refractivity contribution < 1.29 is 14.3 Å². The van der Waals surface area contributed by atoms with Crippen LogP contribution in [0.2, 0.25) is 0 Å². The van der Waals surface area contributed by atoms with E-state index in [1.54, 1.807) is 6.92 Å². The van der Waals surface area contributed by atoms with Crippen molar-refractivity contribution in [1.82, 2.24) is 4.98 Å². The highest BCUT2D eigenvalue weighted by molar-refractivity contribution is 6.09. The van der Waals surface area contributed by atoms with Crippen LogP contribution in [0.3, 0.4) is 0 Å². The molecule has 200 valence electrons. The number of ether oxygens (including phenoxy) is 2. The van der Waals surface area contributed by atoms with Gasteiger partial charge in [0.1, 0.15) is 11.9 Å². The van der Waals surface area contributed by atoms with E-state index in [0.717, 1.165) is 61.7 Å². The average Bonchev–Trinajstić information content (AvgIpc) is 2.85. The molecule has 5 heteroatoms. The number of nitrogens with zero attached hydrogens (tertiary/aromatic N) is 1. The highest BCUT2D eigenvalue weighted by Gasteiger charge is 2.31. The Bertz CT molecular complexity index is 1670. The van der Waals surface area contributed by atoms with E-state index in [1.165, 1.54) is 5.56 Å². The molecular weight excluding hydrogens is 484 g/mol. The molecule has 0 radical (unpaired) electrons. The number of carbonyl (C=O) groups excluding carboxylic acids is 1. The Balaban J connectivity index is 1.91. The quantitative estimate of drug-likeness (QED) is 0.299. The molecule has 0 unspecified atom stereocenters. The summed E-state index contributed by atoms with van der Waals surface area (Å²) in [5.74, 6) is 7.18. The highest BCUT2D eigenvalue weighted by atomic mass is 16.5. The second kappa shape index (κ2) is 9.79. The molecular formula is C34H36N2O3. The zero-order valence-corrected chi connectivity index (χ0v) is 23.9. The summed E-state index contributed by atoms with van der Waals surface area (Å²) in [7, 11) is 0. The molecule has 0 saturated heterocycles. The monoisotopic (exact) mass is 520 g/mol. The number of aromatic nitrogens is 1. The van der Waals surface area contributed by atoms with Gasteiger partial charge in [0.25, 0.3) is 0 Å². The minimum absolute atomic E-state index is 0.0477. The maximum Gasteiger partial charge on any atom is 0.163 e. The zero-order valence-electron chi connectivity index (χ0n) is 23.9. The lowest BCUT2D eigenvalue weighted by Crippen LogP contribution is -2.29. The van der Waals surface area contributed by atoms with Crippen LogP contribution in [0.15, 0.2) is 48.7 Å². The molecule has 39 heavy (non-hydrogen) atoms. The van der Waals surface area contributed by atoms with Crippen molar-refractivity contribution >= 4 is 27.5 Å². The van der Waals surface area contributed by atoms with Gasteiger partial charge in [-0.25, -0.2) is 0 Å². The summed E-state index contributed by atoms with van der Waals surface area (Å²) in [5.41, 5.74) is 11.7. The Morgan fingerprint density at radius 2 is 1.87 bits per heavy atom. The third kappa shape index (κ3) is 5.41. The fraction of sp³-hybridized carbons (Fsp3) is 0.353. The first-order valence-electron chi connectivity index (χ1n) is 13.4. The first-order valence-corrected chi connectivity index (χ1v) is 13.4. The molecule has 2 heterocycles. The second-order valence-corrected chi connectivity index (χ2v) is 12.0. The minimum Gasteiger partial charge on any atom is -0.493 e. The van der Waals surface area contributed by atoms with E-state index in [9.17, 15) is 4.79 Å². The van der Waals surface area contributed by atoms with E-state index in [1.807, 2.05) is 59.9 Å². The Morgan fingerprint density at radius 3 is 2.56 bits per heavy atom. The maximum absolute atomic E-state index is 13.2. The topological polar surface area (TPSA) is 74.4 Å². The van der Waals surface area contributed by atoms with E-state index in [-0.39, 0.29) is 5.78 Å². The summed E-state index contributed by atoms with van der Waals surface area (Å²) in [6, 6.07) is 14.5. The van der Waals surface area contributed by atoms with E-state index in [0.29, 0.717) is 6.61 Å². The average molecular weight is 521 g/mol. The van der Waals surface area contributed by atoms with Gasteiger partial charge in [-0.05, 0) is 112 Å². The molecule has 0 fully saturated rings. The van der Waals surface area contributed by atoms with E-state index < -0.39 is 17.2 Å². The van der Waals surface area contributed by atoms with Crippen molar-refractivity contribution in [3.8, 4) is 28.7 Å². The number of nitrogens with two attached hydrogens (primary N) is 1. The van der Waals surface area contributed by atoms with Crippen molar-refractivity contribution in [1.29, 1.82) is 0 Å². The maximum atomic E-state index is 13.2. The molecule has 1 aliphatic heterocycles. The summed E-state index contributed by atoms with van der Waals surface area (Å²) in [4.78, 5) is 18.1. The number of benzene rings is 3. The second-order valence-electron chi connectivity index (χ2n) is 12.0. The summed E-state index contributed by atoms with van der Waals surface area (Å²) in [5, 5.41) is 3.07. The predicted octanol–water partition coefficient (Wildman–Crippen LogP) is 6.83. The molecule has 0 bridgehead atoms. The van der Waals surface area contributed by atoms with Gasteiger partial charge < -0.3 is 15.2 Å². The fourth-order valence-corrected chi connectivity index (χ4v) is 5.29. The molecule has 2 N–H and O–H groups in total. The molecule has 1 aliphatic rings. The standard InChI is InChI=1S/C34H36N2O3/c1-20-18-24-9-8-22(12-15-34(6,7)35)19-26(24)30(28(20)32(21(2)37)39-33(3,4)5)25-10-11-27-29-23(14-17-38-27)13-16-36-31(25)29/h8-11,13,16,18-19,32H,14,17,35H2,1-7H3/t32-/m1/s1. The van der Waals surface area contributed by atoms with Gasteiger partial charge >= 0.3 is 0 Å².